The van der Waals surface area contributed by atoms with Gasteiger partial charge in [-0.1, -0.05) is 11.6 Å². The van der Waals surface area contributed by atoms with Gasteiger partial charge in [-0.2, -0.15) is 0 Å². The Bertz CT molecular complexity index is 609. The molecule has 0 aliphatic rings. The molecule has 2 aromatic rings. The molecule has 1 heterocycles. The number of halogens is 3. The van der Waals surface area contributed by atoms with Gasteiger partial charge in [0.2, 0.25) is 0 Å². The van der Waals surface area contributed by atoms with Crippen molar-refractivity contribution in [2.75, 3.05) is 14.1 Å². The standard InChI is InChI=1S/C11H8BrClFNO2/c1-15(2)11(16)8-3-5-9(14)7(13)4-6(12)10(5)17-8/h3-4H,1-2H3. The molecule has 0 atom stereocenters. The van der Waals surface area contributed by atoms with Crippen molar-refractivity contribution in [1.29, 1.82) is 0 Å². The fourth-order valence-corrected chi connectivity index (χ4v) is 2.29. The van der Waals surface area contributed by atoms with Crippen molar-refractivity contribution >= 4 is 44.4 Å². The monoisotopic (exact) mass is 319 g/mol. The lowest BCUT2D eigenvalue weighted by atomic mass is 10.2. The van der Waals surface area contributed by atoms with Gasteiger partial charge in [0.15, 0.2) is 17.2 Å². The Kier molecular flexibility index (Phi) is 3.14. The Morgan fingerprint density at radius 2 is 2.12 bits per heavy atom. The summed E-state index contributed by atoms with van der Waals surface area (Å²) < 4.78 is 19.6. The maximum Gasteiger partial charge on any atom is 0.289 e. The molecule has 0 N–H and O–H groups in total. The van der Waals surface area contributed by atoms with E-state index in [2.05, 4.69) is 15.9 Å². The topological polar surface area (TPSA) is 33.5 Å². The van der Waals surface area contributed by atoms with Crippen molar-refractivity contribution in [3.63, 3.8) is 0 Å². The number of amides is 1. The third kappa shape index (κ3) is 2.05. The number of benzene rings is 1. The summed E-state index contributed by atoms with van der Waals surface area (Å²) >= 11 is 8.91. The number of furan rings is 1. The fraction of sp³-hybridized carbons (Fsp3) is 0.182. The van der Waals surface area contributed by atoms with Crippen LogP contribution in [0.2, 0.25) is 5.02 Å². The minimum absolute atomic E-state index is 0.0194. The van der Waals surface area contributed by atoms with Crippen LogP contribution < -0.4 is 0 Å². The molecule has 17 heavy (non-hydrogen) atoms. The van der Waals surface area contributed by atoms with E-state index in [9.17, 15) is 9.18 Å². The lowest BCUT2D eigenvalue weighted by Crippen LogP contribution is -2.20. The van der Waals surface area contributed by atoms with Crippen LogP contribution in [0.5, 0.6) is 0 Å². The van der Waals surface area contributed by atoms with E-state index >= 15 is 0 Å². The molecule has 0 unspecified atom stereocenters. The quantitative estimate of drug-likeness (QED) is 0.751. The predicted molar refractivity (Wildman–Crippen MR) is 66.9 cm³/mol. The van der Waals surface area contributed by atoms with Gasteiger partial charge >= 0.3 is 0 Å². The first-order chi connectivity index (χ1) is 7.91. The molecular weight excluding hydrogens is 312 g/mol. The van der Waals surface area contributed by atoms with E-state index in [1.54, 1.807) is 14.1 Å². The summed E-state index contributed by atoms with van der Waals surface area (Å²) in [4.78, 5) is 13.0. The number of fused-ring (bicyclic) bond motifs is 1. The molecule has 1 aromatic heterocycles. The van der Waals surface area contributed by atoms with Crippen LogP contribution in [0.3, 0.4) is 0 Å². The lowest BCUT2D eigenvalue weighted by molar-refractivity contribution is 0.0799. The number of rotatable bonds is 1. The first-order valence-electron chi connectivity index (χ1n) is 4.70. The second kappa shape index (κ2) is 4.31. The van der Waals surface area contributed by atoms with Gasteiger partial charge in [0.1, 0.15) is 0 Å². The molecule has 1 amide bonds. The maximum absolute atomic E-state index is 13.7. The zero-order valence-electron chi connectivity index (χ0n) is 9.05. The van der Waals surface area contributed by atoms with Crippen LogP contribution in [-0.2, 0) is 0 Å². The minimum Gasteiger partial charge on any atom is -0.450 e. The van der Waals surface area contributed by atoms with E-state index in [1.165, 1.54) is 17.0 Å². The Morgan fingerprint density at radius 1 is 1.47 bits per heavy atom. The van der Waals surface area contributed by atoms with Crippen molar-refractivity contribution in [1.82, 2.24) is 4.90 Å². The lowest BCUT2D eigenvalue weighted by Gasteiger charge is -2.06. The highest BCUT2D eigenvalue weighted by atomic mass is 79.9. The first kappa shape index (κ1) is 12.4. The molecule has 0 saturated carbocycles. The second-order valence-corrected chi connectivity index (χ2v) is 4.97. The number of carbonyl (C=O) groups excluding carboxylic acids is 1. The molecule has 0 spiro atoms. The van der Waals surface area contributed by atoms with E-state index in [4.69, 9.17) is 16.0 Å². The number of hydrogen-bond acceptors (Lipinski definition) is 2. The van der Waals surface area contributed by atoms with Crippen molar-refractivity contribution < 1.29 is 13.6 Å². The average Bonchev–Trinajstić information content (AvgIpc) is 2.70. The van der Waals surface area contributed by atoms with Crippen molar-refractivity contribution in [3.8, 4) is 0 Å². The van der Waals surface area contributed by atoms with Gasteiger partial charge in [0.05, 0.1) is 14.9 Å². The van der Waals surface area contributed by atoms with Gasteiger partial charge in [0.25, 0.3) is 5.91 Å². The van der Waals surface area contributed by atoms with E-state index < -0.39 is 5.82 Å². The van der Waals surface area contributed by atoms with Crippen LogP contribution >= 0.6 is 27.5 Å². The molecule has 0 aliphatic carbocycles. The smallest absolute Gasteiger partial charge is 0.289 e. The molecule has 0 aliphatic heterocycles. The Hall–Kier alpha value is -1.07. The van der Waals surface area contributed by atoms with Crippen molar-refractivity contribution in [2.24, 2.45) is 0 Å². The minimum atomic E-state index is -0.591. The summed E-state index contributed by atoms with van der Waals surface area (Å²) in [7, 11) is 3.18. The first-order valence-corrected chi connectivity index (χ1v) is 5.87. The van der Waals surface area contributed by atoms with Gasteiger partial charge in [-0.25, -0.2) is 4.39 Å². The van der Waals surface area contributed by atoms with Crippen molar-refractivity contribution in [2.45, 2.75) is 0 Å². The zero-order chi connectivity index (χ0) is 12.7. The number of nitrogens with zero attached hydrogens (tertiary/aromatic N) is 1. The number of hydrogen-bond donors (Lipinski definition) is 0. The molecule has 1 aromatic carbocycles. The van der Waals surface area contributed by atoms with Gasteiger partial charge in [-0.15, -0.1) is 0 Å². The Labute approximate surface area is 110 Å². The predicted octanol–water partition coefficient (Wildman–Crippen LogP) is 3.69. The van der Waals surface area contributed by atoms with Crippen LogP contribution in [0.15, 0.2) is 21.0 Å². The molecule has 6 heteroatoms. The molecular formula is C11H8BrClFNO2. The summed E-state index contributed by atoms with van der Waals surface area (Å²) in [6.07, 6.45) is 0. The fourth-order valence-electron chi connectivity index (χ4n) is 1.43. The summed E-state index contributed by atoms with van der Waals surface area (Å²) in [6, 6.07) is 2.75. The highest BCUT2D eigenvalue weighted by Crippen LogP contribution is 2.34. The summed E-state index contributed by atoms with van der Waals surface area (Å²) in [5.74, 6) is -0.845. The van der Waals surface area contributed by atoms with Crippen LogP contribution in [0.25, 0.3) is 11.0 Å². The van der Waals surface area contributed by atoms with Crippen LogP contribution in [-0.4, -0.2) is 24.9 Å². The average molecular weight is 321 g/mol. The maximum atomic E-state index is 13.7. The molecule has 90 valence electrons. The van der Waals surface area contributed by atoms with Crippen molar-refractivity contribution in [3.05, 3.63) is 33.2 Å². The van der Waals surface area contributed by atoms with Crippen LogP contribution in [0, 0.1) is 5.82 Å². The largest absolute Gasteiger partial charge is 0.450 e. The Balaban J connectivity index is 2.69. The second-order valence-electron chi connectivity index (χ2n) is 3.71. The van der Waals surface area contributed by atoms with E-state index in [1.807, 2.05) is 0 Å². The summed E-state index contributed by atoms with van der Waals surface area (Å²) in [5.41, 5.74) is 0.275. The van der Waals surface area contributed by atoms with Gasteiger partial charge in [0, 0.05) is 20.2 Å². The third-order valence-corrected chi connectivity index (χ3v) is 3.13. The molecule has 3 nitrogen and oxygen atoms in total. The van der Waals surface area contributed by atoms with Gasteiger partial charge in [-0.05, 0) is 22.0 Å². The normalized spacial score (nSPS) is 10.9. The molecule has 0 fully saturated rings. The summed E-state index contributed by atoms with van der Waals surface area (Å²) in [6.45, 7) is 0. The SMILES string of the molecule is CN(C)C(=O)c1cc2c(F)c(Cl)cc(Br)c2o1. The van der Waals surface area contributed by atoms with E-state index in [-0.39, 0.29) is 27.7 Å². The van der Waals surface area contributed by atoms with Crippen LogP contribution in [0.1, 0.15) is 10.6 Å². The highest BCUT2D eigenvalue weighted by molar-refractivity contribution is 9.10. The molecule has 0 radical (unpaired) electrons. The van der Waals surface area contributed by atoms with Crippen LogP contribution in [0.4, 0.5) is 4.39 Å². The Morgan fingerprint density at radius 3 is 2.71 bits per heavy atom. The van der Waals surface area contributed by atoms with Gasteiger partial charge in [-0.3, -0.25) is 4.79 Å². The third-order valence-electron chi connectivity index (χ3n) is 2.27. The van der Waals surface area contributed by atoms with E-state index in [0.717, 1.165) is 0 Å². The molecule has 0 saturated heterocycles. The molecule has 2 rings (SSSR count). The zero-order valence-corrected chi connectivity index (χ0v) is 11.4. The summed E-state index contributed by atoms with van der Waals surface area (Å²) in [5, 5.41) is 0.170. The van der Waals surface area contributed by atoms with Gasteiger partial charge < -0.3 is 9.32 Å². The highest BCUT2D eigenvalue weighted by Gasteiger charge is 2.19. The van der Waals surface area contributed by atoms with E-state index in [0.29, 0.717) is 4.47 Å². The number of carbonyl (C=O) groups is 1. The molecule has 0 bridgehead atoms.